The van der Waals surface area contributed by atoms with Gasteiger partial charge >= 0.3 is 5.97 Å². The Morgan fingerprint density at radius 1 is 1.18 bits per heavy atom. The van der Waals surface area contributed by atoms with Crippen molar-refractivity contribution in [1.82, 2.24) is 15.1 Å². The number of benzene rings is 2. The van der Waals surface area contributed by atoms with E-state index < -0.39 is 17.6 Å². The smallest absolute Gasteiger partial charge is 0.303 e. The number of hydrogen-bond donors (Lipinski definition) is 1. The van der Waals surface area contributed by atoms with Crippen molar-refractivity contribution < 1.29 is 23.2 Å². The van der Waals surface area contributed by atoms with Gasteiger partial charge < -0.3 is 9.63 Å². The normalized spacial score (nSPS) is 15.7. The Bertz CT molecular complexity index is 1140. The SMILES string of the molecule is CCN1N=C(c2nc(-c3cc(F)c(CCCCC(=O)O)c(F)c3)no2)CC1c1ccccc1. The van der Waals surface area contributed by atoms with Gasteiger partial charge in [-0.2, -0.15) is 10.1 Å². The van der Waals surface area contributed by atoms with Gasteiger partial charge in [-0.05, 0) is 43.9 Å². The molecule has 0 saturated heterocycles. The molecule has 0 aliphatic carbocycles. The number of carboxylic acids is 1. The Morgan fingerprint density at radius 3 is 2.58 bits per heavy atom. The van der Waals surface area contributed by atoms with E-state index in [1.807, 2.05) is 42.3 Å². The minimum absolute atomic E-state index is 0.0303. The molecule has 1 aromatic heterocycles. The van der Waals surface area contributed by atoms with Gasteiger partial charge in [0.1, 0.15) is 17.3 Å². The first-order chi connectivity index (χ1) is 16.0. The molecule has 4 rings (SSSR count). The average molecular weight is 454 g/mol. The topological polar surface area (TPSA) is 91.8 Å². The highest BCUT2D eigenvalue weighted by Gasteiger charge is 2.30. The summed E-state index contributed by atoms with van der Waals surface area (Å²) in [4.78, 5) is 14.9. The molecule has 3 aromatic rings. The Kier molecular flexibility index (Phi) is 6.76. The molecule has 33 heavy (non-hydrogen) atoms. The van der Waals surface area contributed by atoms with E-state index in [-0.39, 0.29) is 41.7 Å². The number of aromatic nitrogens is 2. The molecule has 0 bridgehead atoms. The molecule has 1 unspecified atom stereocenters. The lowest BCUT2D eigenvalue weighted by Gasteiger charge is -2.21. The second-order valence-corrected chi connectivity index (χ2v) is 7.88. The molecule has 0 radical (unpaired) electrons. The van der Waals surface area contributed by atoms with E-state index in [9.17, 15) is 13.6 Å². The summed E-state index contributed by atoms with van der Waals surface area (Å²) in [6.07, 6.45) is 1.40. The lowest BCUT2D eigenvalue weighted by molar-refractivity contribution is -0.137. The fourth-order valence-corrected chi connectivity index (χ4v) is 3.95. The summed E-state index contributed by atoms with van der Waals surface area (Å²) in [5.74, 6) is -2.06. The number of carbonyl (C=O) groups is 1. The number of carboxylic acid groups (broad SMARTS) is 1. The first kappa shape index (κ1) is 22.6. The second-order valence-electron chi connectivity index (χ2n) is 7.88. The second kappa shape index (κ2) is 9.89. The summed E-state index contributed by atoms with van der Waals surface area (Å²) >= 11 is 0. The van der Waals surface area contributed by atoms with Gasteiger partial charge in [-0.3, -0.25) is 9.80 Å². The van der Waals surface area contributed by atoms with E-state index >= 15 is 0 Å². The van der Waals surface area contributed by atoms with E-state index in [0.29, 0.717) is 31.5 Å². The highest BCUT2D eigenvalue weighted by atomic mass is 19.1. The Morgan fingerprint density at radius 2 is 1.91 bits per heavy atom. The molecule has 2 aromatic carbocycles. The molecule has 0 saturated carbocycles. The van der Waals surface area contributed by atoms with E-state index in [4.69, 9.17) is 9.63 Å². The Balaban J connectivity index is 1.50. The molecule has 9 heteroatoms. The van der Waals surface area contributed by atoms with Crippen LogP contribution < -0.4 is 0 Å². The molecule has 1 aliphatic rings. The molecule has 2 heterocycles. The maximum absolute atomic E-state index is 14.6. The van der Waals surface area contributed by atoms with Gasteiger partial charge in [0.2, 0.25) is 5.82 Å². The monoisotopic (exact) mass is 454 g/mol. The van der Waals surface area contributed by atoms with Crippen LogP contribution in [0.2, 0.25) is 0 Å². The van der Waals surface area contributed by atoms with Crippen LogP contribution in [-0.2, 0) is 11.2 Å². The fourth-order valence-electron chi connectivity index (χ4n) is 3.95. The van der Waals surface area contributed by atoms with Crippen LogP contribution in [0.4, 0.5) is 8.78 Å². The van der Waals surface area contributed by atoms with Crippen molar-refractivity contribution in [2.45, 2.75) is 45.1 Å². The molecule has 1 aliphatic heterocycles. The van der Waals surface area contributed by atoms with E-state index in [1.165, 1.54) is 12.1 Å². The van der Waals surface area contributed by atoms with Crippen LogP contribution in [0, 0.1) is 11.6 Å². The third kappa shape index (κ3) is 5.08. The van der Waals surface area contributed by atoms with Crippen molar-refractivity contribution in [3.63, 3.8) is 0 Å². The highest BCUT2D eigenvalue weighted by Crippen LogP contribution is 2.32. The molecule has 1 atom stereocenters. The predicted molar refractivity (Wildman–Crippen MR) is 118 cm³/mol. The van der Waals surface area contributed by atoms with Crippen LogP contribution in [0.5, 0.6) is 0 Å². The molecule has 0 spiro atoms. The van der Waals surface area contributed by atoms with Gasteiger partial charge in [0.25, 0.3) is 5.89 Å². The molecule has 0 fully saturated rings. The zero-order valence-corrected chi connectivity index (χ0v) is 18.2. The summed E-state index contributed by atoms with van der Waals surface area (Å²) in [7, 11) is 0. The largest absolute Gasteiger partial charge is 0.481 e. The van der Waals surface area contributed by atoms with Gasteiger partial charge in [-0.1, -0.05) is 35.5 Å². The van der Waals surface area contributed by atoms with Gasteiger partial charge in [0.15, 0.2) is 0 Å². The number of halogens is 2. The number of hydrazone groups is 1. The minimum Gasteiger partial charge on any atom is -0.481 e. The van der Waals surface area contributed by atoms with Gasteiger partial charge in [-0.15, -0.1) is 0 Å². The molecule has 0 amide bonds. The zero-order valence-electron chi connectivity index (χ0n) is 18.2. The average Bonchev–Trinajstić information content (AvgIpc) is 3.45. The summed E-state index contributed by atoms with van der Waals surface area (Å²) in [6, 6.07) is 12.4. The van der Waals surface area contributed by atoms with Crippen molar-refractivity contribution in [2.75, 3.05) is 6.54 Å². The molecule has 1 N–H and O–H groups in total. The van der Waals surface area contributed by atoms with Crippen molar-refractivity contribution in [3.05, 3.63) is 71.1 Å². The van der Waals surface area contributed by atoms with Gasteiger partial charge in [0.05, 0.1) is 6.04 Å². The molecule has 7 nitrogen and oxygen atoms in total. The number of nitrogens with zero attached hydrogens (tertiary/aromatic N) is 4. The number of rotatable bonds is 9. The minimum atomic E-state index is -0.928. The van der Waals surface area contributed by atoms with Crippen molar-refractivity contribution in [2.24, 2.45) is 5.10 Å². The van der Waals surface area contributed by atoms with Crippen molar-refractivity contribution in [3.8, 4) is 11.4 Å². The van der Waals surface area contributed by atoms with E-state index in [2.05, 4.69) is 15.2 Å². The van der Waals surface area contributed by atoms with Crippen LogP contribution in [0.25, 0.3) is 11.4 Å². The third-order valence-corrected chi connectivity index (χ3v) is 5.64. The summed E-state index contributed by atoms with van der Waals surface area (Å²) in [5, 5.41) is 19.1. The van der Waals surface area contributed by atoms with Crippen LogP contribution in [-0.4, -0.2) is 38.5 Å². The molecular formula is C24H24F2N4O3. The standard InChI is InChI=1S/C24H24F2N4O3/c1-2-30-21(15-8-4-3-5-9-15)14-20(28-30)24-27-23(29-33-24)16-12-18(25)17(19(26)13-16)10-6-7-11-22(31)32/h3-5,8-9,12-13,21H,2,6-7,10-11,14H2,1H3,(H,31,32). The van der Waals surface area contributed by atoms with Crippen LogP contribution in [0.3, 0.4) is 0 Å². The third-order valence-electron chi connectivity index (χ3n) is 5.64. The Hall–Kier alpha value is -3.62. The van der Waals surface area contributed by atoms with Gasteiger partial charge in [0, 0.05) is 30.5 Å². The lowest BCUT2D eigenvalue weighted by atomic mass is 10.0. The zero-order chi connectivity index (χ0) is 23.4. The quantitative estimate of drug-likeness (QED) is 0.459. The fraction of sp³-hybridized carbons (Fsp3) is 0.333. The van der Waals surface area contributed by atoms with Crippen molar-refractivity contribution >= 4 is 11.7 Å². The number of aliphatic carboxylic acids is 1. The summed E-state index contributed by atoms with van der Waals surface area (Å²) in [6.45, 7) is 2.71. The summed E-state index contributed by atoms with van der Waals surface area (Å²) < 4.78 is 34.5. The van der Waals surface area contributed by atoms with Crippen molar-refractivity contribution in [1.29, 1.82) is 0 Å². The van der Waals surface area contributed by atoms with Crippen LogP contribution >= 0.6 is 0 Å². The first-order valence-corrected chi connectivity index (χ1v) is 10.9. The molecule has 172 valence electrons. The first-order valence-electron chi connectivity index (χ1n) is 10.9. The van der Waals surface area contributed by atoms with Crippen LogP contribution in [0.1, 0.15) is 55.7 Å². The van der Waals surface area contributed by atoms with Gasteiger partial charge in [-0.25, -0.2) is 8.78 Å². The Labute approximate surface area is 189 Å². The number of unbranched alkanes of at least 4 members (excludes halogenated alkanes) is 1. The van der Waals surface area contributed by atoms with E-state index in [0.717, 1.165) is 5.56 Å². The van der Waals surface area contributed by atoms with Crippen LogP contribution in [0.15, 0.2) is 52.1 Å². The summed E-state index contributed by atoms with van der Waals surface area (Å²) in [5.41, 5.74) is 1.85. The molecular weight excluding hydrogens is 430 g/mol. The van der Waals surface area contributed by atoms with E-state index in [1.54, 1.807) is 0 Å². The predicted octanol–water partition coefficient (Wildman–Crippen LogP) is 4.98. The lowest BCUT2D eigenvalue weighted by Crippen LogP contribution is -2.18. The maximum atomic E-state index is 14.6. The number of hydrogen-bond acceptors (Lipinski definition) is 6. The highest BCUT2D eigenvalue weighted by molar-refractivity contribution is 5.98. The maximum Gasteiger partial charge on any atom is 0.303 e.